The van der Waals surface area contributed by atoms with E-state index in [1.54, 1.807) is 4.68 Å². The molecule has 1 fully saturated rings. The number of carbonyl (C=O) groups excluding carboxylic acids is 1. The van der Waals surface area contributed by atoms with Gasteiger partial charge in [-0.25, -0.2) is 9.48 Å². The van der Waals surface area contributed by atoms with Gasteiger partial charge in [-0.2, -0.15) is 10.1 Å². The second-order valence-electron chi connectivity index (χ2n) is 6.68. The number of ether oxygens (including phenoxy) is 2. The summed E-state index contributed by atoms with van der Waals surface area (Å²) in [6.45, 7) is 4.91. The number of hydrogen-bond acceptors (Lipinski definition) is 6. The van der Waals surface area contributed by atoms with Crippen LogP contribution in [-0.2, 0) is 14.3 Å². The van der Waals surface area contributed by atoms with Crippen LogP contribution >= 0.6 is 0 Å². The minimum absolute atomic E-state index is 0.00440. The number of aromatic nitrogens is 3. The normalized spacial score (nSPS) is 22.1. The maximum absolute atomic E-state index is 13.0. The monoisotopic (exact) mass is 354 g/mol. The molecule has 26 heavy (non-hydrogen) atoms. The van der Waals surface area contributed by atoms with Gasteiger partial charge >= 0.3 is 5.97 Å². The van der Waals surface area contributed by atoms with Gasteiger partial charge in [0.25, 0.3) is 0 Å². The molecule has 2 aromatic rings. The Morgan fingerprint density at radius 1 is 1.38 bits per heavy atom. The molecule has 7 heteroatoms. The number of carbonyl (C=O) groups is 1. The van der Waals surface area contributed by atoms with E-state index in [2.05, 4.69) is 15.4 Å². The van der Waals surface area contributed by atoms with Crippen molar-refractivity contribution in [3.8, 4) is 0 Å². The highest BCUT2D eigenvalue weighted by Crippen LogP contribution is 2.36. The van der Waals surface area contributed by atoms with E-state index in [9.17, 15) is 4.79 Å². The van der Waals surface area contributed by atoms with Crippen LogP contribution in [0, 0.1) is 6.92 Å². The number of allylic oxidation sites excluding steroid dienone is 1. The summed E-state index contributed by atoms with van der Waals surface area (Å²) in [6.07, 6.45) is 3.43. The van der Waals surface area contributed by atoms with E-state index >= 15 is 0 Å². The molecule has 0 aliphatic carbocycles. The standard InChI is InChI=1S/C19H22N4O3/c1-12-6-3-4-8-15(12)17-16(13(2)22-19-20-11-21-23(17)19)18(24)26-10-14-7-5-9-25-14/h3-4,6,8,11,14,17H,5,7,9-10H2,1-2H3,(H,20,21,22). The van der Waals surface area contributed by atoms with Gasteiger partial charge in [0.05, 0.1) is 11.7 Å². The van der Waals surface area contributed by atoms with Crippen LogP contribution in [-0.4, -0.2) is 40.1 Å². The van der Waals surface area contributed by atoms with Crippen molar-refractivity contribution >= 4 is 11.9 Å². The molecule has 7 nitrogen and oxygen atoms in total. The SMILES string of the molecule is CC1=C(C(=O)OCC2CCCO2)C(c2ccccc2C)n2ncnc2N1. The minimum Gasteiger partial charge on any atom is -0.459 e. The number of anilines is 1. The van der Waals surface area contributed by atoms with E-state index < -0.39 is 0 Å². The average molecular weight is 354 g/mol. The molecule has 2 atom stereocenters. The molecule has 2 unspecified atom stereocenters. The first-order valence-corrected chi connectivity index (χ1v) is 8.86. The van der Waals surface area contributed by atoms with Crippen molar-refractivity contribution in [3.05, 3.63) is 53.0 Å². The Morgan fingerprint density at radius 3 is 3.00 bits per heavy atom. The Balaban J connectivity index is 1.68. The zero-order valence-corrected chi connectivity index (χ0v) is 14.9. The molecule has 1 aromatic carbocycles. The van der Waals surface area contributed by atoms with Gasteiger partial charge in [0.15, 0.2) is 0 Å². The van der Waals surface area contributed by atoms with Gasteiger partial charge in [-0.3, -0.25) is 0 Å². The Morgan fingerprint density at radius 2 is 2.23 bits per heavy atom. The summed E-state index contributed by atoms with van der Waals surface area (Å²) >= 11 is 0. The predicted octanol–water partition coefficient (Wildman–Crippen LogP) is 2.60. The Labute approximate surface area is 152 Å². The number of benzene rings is 1. The van der Waals surface area contributed by atoms with Gasteiger partial charge in [0.1, 0.15) is 19.0 Å². The van der Waals surface area contributed by atoms with Crippen molar-refractivity contribution in [1.82, 2.24) is 14.8 Å². The summed E-state index contributed by atoms with van der Waals surface area (Å²) in [7, 11) is 0. The molecule has 0 bridgehead atoms. The van der Waals surface area contributed by atoms with Gasteiger partial charge in [-0.1, -0.05) is 24.3 Å². The van der Waals surface area contributed by atoms with E-state index in [1.807, 2.05) is 38.1 Å². The fourth-order valence-corrected chi connectivity index (χ4v) is 3.56. The lowest BCUT2D eigenvalue weighted by molar-refractivity contribution is -0.142. The van der Waals surface area contributed by atoms with E-state index in [0.717, 1.165) is 36.3 Å². The van der Waals surface area contributed by atoms with Crippen LogP contribution in [0.2, 0.25) is 0 Å². The summed E-state index contributed by atoms with van der Waals surface area (Å²) < 4.78 is 12.9. The number of esters is 1. The first-order valence-electron chi connectivity index (χ1n) is 8.86. The van der Waals surface area contributed by atoms with E-state index in [0.29, 0.717) is 11.5 Å². The fourth-order valence-electron chi connectivity index (χ4n) is 3.56. The predicted molar refractivity (Wildman–Crippen MR) is 95.6 cm³/mol. The molecular formula is C19H22N4O3. The second kappa shape index (κ2) is 6.92. The Kier molecular flexibility index (Phi) is 4.46. The van der Waals surface area contributed by atoms with Crippen molar-refractivity contribution in [2.75, 3.05) is 18.5 Å². The highest BCUT2D eigenvalue weighted by atomic mass is 16.6. The first-order chi connectivity index (χ1) is 12.6. The topological polar surface area (TPSA) is 78.3 Å². The van der Waals surface area contributed by atoms with Gasteiger partial charge in [-0.15, -0.1) is 0 Å². The molecule has 2 aliphatic rings. The van der Waals surface area contributed by atoms with Crippen LogP contribution in [0.25, 0.3) is 0 Å². The second-order valence-corrected chi connectivity index (χ2v) is 6.68. The summed E-state index contributed by atoms with van der Waals surface area (Å²) in [4.78, 5) is 17.2. The highest BCUT2D eigenvalue weighted by Gasteiger charge is 2.35. The molecule has 136 valence electrons. The summed E-state index contributed by atoms with van der Waals surface area (Å²) in [5, 5.41) is 7.49. The van der Waals surface area contributed by atoms with E-state index in [-0.39, 0.29) is 24.7 Å². The lowest BCUT2D eigenvalue weighted by Gasteiger charge is -2.29. The van der Waals surface area contributed by atoms with Gasteiger partial charge in [-0.05, 0) is 37.8 Å². The van der Waals surface area contributed by atoms with Crippen molar-refractivity contribution in [1.29, 1.82) is 0 Å². The number of aryl methyl sites for hydroxylation is 1. The maximum Gasteiger partial charge on any atom is 0.338 e. The van der Waals surface area contributed by atoms with Crippen molar-refractivity contribution in [2.45, 2.75) is 38.8 Å². The summed E-state index contributed by atoms with van der Waals surface area (Å²) in [5.41, 5.74) is 3.37. The highest BCUT2D eigenvalue weighted by molar-refractivity contribution is 5.92. The molecule has 0 amide bonds. The van der Waals surface area contributed by atoms with E-state index in [1.165, 1.54) is 6.33 Å². The Bertz CT molecular complexity index is 852. The third kappa shape index (κ3) is 2.99. The molecule has 1 saturated heterocycles. The number of fused-ring (bicyclic) bond motifs is 1. The van der Waals surface area contributed by atoms with Crippen LogP contribution in [0.4, 0.5) is 5.95 Å². The van der Waals surface area contributed by atoms with Crippen LogP contribution in [0.3, 0.4) is 0 Å². The van der Waals surface area contributed by atoms with Crippen LogP contribution < -0.4 is 5.32 Å². The molecular weight excluding hydrogens is 332 g/mol. The van der Waals surface area contributed by atoms with Crippen LogP contribution in [0.5, 0.6) is 0 Å². The Hall–Kier alpha value is -2.67. The molecule has 4 rings (SSSR count). The molecule has 0 radical (unpaired) electrons. The number of nitrogens with one attached hydrogen (secondary N) is 1. The number of hydrogen-bond donors (Lipinski definition) is 1. The van der Waals surface area contributed by atoms with Crippen molar-refractivity contribution in [2.24, 2.45) is 0 Å². The first kappa shape index (κ1) is 16.8. The van der Waals surface area contributed by atoms with E-state index in [4.69, 9.17) is 9.47 Å². The van der Waals surface area contributed by atoms with Crippen LogP contribution in [0.1, 0.15) is 36.9 Å². The molecule has 0 spiro atoms. The summed E-state index contributed by atoms with van der Waals surface area (Å²) in [6, 6.07) is 7.61. The van der Waals surface area contributed by atoms with Gasteiger partial charge < -0.3 is 14.8 Å². The van der Waals surface area contributed by atoms with Crippen molar-refractivity contribution in [3.63, 3.8) is 0 Å². The largest absolute Gasteiger partial charge is 0.459 e. The van der Waals surface area contributed by atoms with Crippen molar-refractivity contribution < 1.29 is 14.3 Å². The van der Waals surface area contributed by atoms with Gasteiger partial charge in [0, 0.05) is 12.3 Å². The zero-order chi connectivity index (χ0) is 18.1. The zero-order valence-electron chi connectivity index (χ0n) is 14.9. The molecule has 0 saturated carbocycles. The lowest BCUT2D eigenvalue weighted by atomic mass is 9.92. The van der Waals surface area contributed by atoms with Crippen LogP contribution in [0.15, 0.2) is 41.9 Å². The number of nitrogens with zero attached hydrogens (tertiary/aromatic N) is 3. The fraction of sp³-hybridized carbons (Fsp3) is 0.421. The molecule has 1 N–H and O–H groups in total. The third-order valence-corrected chi connectivity index (χ3v) is 4.92. The minimum atomic E-state index is -0.369. The average Bonchev–Trinajstić information content (AvgIpc) is 3.30. The maximum atomic E-state index is 13.0. The molecule has 3 heterocycles. The quantitative estimate of drug-likeness (QED) is 0.851. The smallest absolute Gasteiger partial charge is 0.338 e. The number of rotatable bonds is 4. The lowest BCUT2D eigenvalue weighted by Crippen LogP contribution is -2.31. The molecule has 2 aliphatic heterocycles. The third-order valence-electron chi connectivity index (χ3n) is 4.92. The van der Waals surface area contributed by atoms with Gasteiger partial charge in [0.2, 0.25) is 5.95 Å². The summed E-state index contributed by atoms with van der Waals surface area (Å²) in [5.74, 6) is 0.270. The molecule has 1 aromatic heterocycles.